The summed E-state index contributed by atoms with van der Waals surface area (Å²) in [6.45, 7) is 1.73. The Bertz CT molecular complexity index is 649. The Balaban J connectivity index is 2.44. The van der Waals surface area contributed by atoms with Gasteiger partial charge in [-0.3, -0.25) is 0 Å². The van der Waals surface area contributed by atoms with E-state index in [0.717, 1.165) is 6.07 Å². The highest BCUT2D eigenvalue weighted by Gasteiger charge is 2.14. The summed E-state index contributed by atoms with van der Waals surface area (Å²) in [5.74, 6) is -1.97. The zero-order valence-corrected chi connectivity index (χ0v) is 12.1. The second kappa shape index (κ2) is 5.35. The number of nitrogen functional groups attached to an aromatic ring is 1. The summed E-state index contributed by atoms with van der Waals surface area (Å²) in [5.41, 5.74) is 6.70. The van der Waals surface area contributed by atoms with Crippen molar-refractivity contribution in [3.05, 3.63) is 51.0 Å². The molecule has 0 spiro atoms. The van der Waals surface area contributed by atoms with Crippen LogP contribution in [0.5, 0.6) is 11.5 Å². The number of anilines is 1. The highest BCUT2D eigenvalue weighted by atomic mass is 79.9. The van der Waals surface area contributed by atoms with Crippen LogP contribution in [0, 0.1) is 18.6 Å². The first-order valence-corrected chi connectivity index (χ1v) is 6.43. The number of hydrogen-bond acceptors (Lipinski definition) is 2. The van der Waals surface area contributed by atoms with Crippen molar-refractivity contribution in [3.8, 4) is 11.5 Å². The van der Waals surface area contributed by atoms with Gasteiger partial charge in [0.25, 0.3) is 0 Å². The molecule has 0 aliphatic heterocycles. The number of ether oxygens (including phenoxy) is 1. The Morgan fingerprint density at radius 2 is 1.84 bits per heavy atom. The first-order chi connectivity index (χ1) is 8.88. The fraction of sp³-hybridized carbons (Fsp3) is 0.0769. The largest absolute Gasteiger partial charge is 0.454 e. The summed E-state index contributed by atoms with van der Waals surface area (Å²) in [5, 5.41) is 0.288. The highest BCUT2D eigenvalue weighted by Crippen LogP contribution is 2.34. The van der Waals surface area contributed by atoms with Crippen LogP contribution in [0.25, 0.3) is 0 Å². The van der Waals surface area contributed by atoms with Gasteiger partial charge in [-0.25, -0.2) is 4.39 Å². The Morgan fingerprint density at radius 1 is 1.16 bits per heavy atom. The van der Waals surface area contributed by atoms with Crippen LogP contribution < -0.4 is 10.5 Å². The molecule has 19 heavy (non-hydrogen) atoms. The Kier molecular flexibility index (Phi) is 3.96. The Labute approximate surface area is 122 Å². The van der Waals surface area contributed by atoms with Crippen molar-refractivity contribution >= 4 is 33.2 Å². The minimum absolute atomic E-state index is 0.226. The molecular formula is C13H9BrClF2NO. The lowest BCUT2D eigenvalue weighted by molar-refractivity contribution is 0.413. The number of nitrogens with two attached hydrogens (primary N) is 1. The van der Waals surface area contributed by atoms with Crippen LogP contribution in [0.2, 0.25) is 5.02 Å². The number of halogens is 4. The van der Waals surface area contributed by atoms with Crippen molar-refractivity contribution in [2.75, 3.05) is 5.73 Å². The summed E-state index contributed by atoms with van der Waals surface area (Å²) in [7, 11) is 0. The van der Waals surface area contributed by atoms with Crippen LogP contribution in [-0.2, 0) is 0 Å². The standard InChI is InChI=1S/C13H9BrClF2NO/c1-6-2-10(18)8(15)5-11(6)19-12-4-7(14)3-9(16)13(12)17/h2-5H,18H2,1H3. The first kappa shape index (κ1) is 14.1. The maximum atomic E-state index is 13.6. The van der Waals surface area contributed by atoms with Gasteiger partial charge in [-0.05, 0) is 30.7 Å². The molecule has 0 radical (unpaired) electrons. The molecule has 6 heteroatoms. The lowest BCUT2D eigenvalue weighted by Crippen LogP contribution is -1.95. The van der Waals surface area contributed by atoms with E-state index < -0.39 is 11.6 Å². The van der Waals surface area contributed by atoms with Crippen LogP contribution in [0.15, 0.2) is 28.7 Å². The van der Waals surface area contributed by atoms with Crippen molar-refractivity contribution < 1.29 is 13.5 Å². The fourth-order valence-electron chi connectivity index (χ4n) is 1.52. The molecule has 0 saturated carbocycles. The van der Waals surface area contributed by atoms with Crippen molar-refractivity contribution in [2.45, 2.75) is 6.92 Å². The molecule has 2 nitrogen and oxygen atoms in total. The normalized spacial score (nSPS) is 10.6. The predicted molar refractivity (Wildman–Crippen MR) is 74.7 cm³/mol. The topological polar surface area (TPSA) is 35.2 Å². The van der Waals surface area contributed by atoms with Crippen LogP contribution in [-0.4, -0.2) is 0 Å². The van der Waals surface area contributed by atoms with Crippen molar-refractivity contribution in [3.63, 3.8) is 0 Å². The Hall–Kier alpha value is -1.33. The minimum Gasteiger partial charge on any atom is -0.454 e. The van der Waals surface area contributed by atoms with E-state index in [1.807, 2.05) is 0 Å². The summed E-state index contributed by atoms with van der Waals surface area (Å²) in [4.78, 5) is 0. The molecule has 0 heterocycles. The van der Waals surface area contributed by atoms with E-state index in [1.54, 1.807) is 13.0 Å². The molecule has 0 unspecified atom stereocenters. The SMILES string of the molecule is Cc1cc(N)c(Cl)cc1Oc1cc(Br)cc(F)c1F. The van der Waals surface area contributed by atoms with Crippen LogP contribution in [0.3, 0.4) is 0 Å². The minimum atomic E-state index is -1.06. The van der Waals surface area contributed by atoms with E-state index in [9.17, 15) is 8.78 Å². The molecule has 0 saturated heterocycles. The number of hydrogen-bond donors (Lipinski definition) is 1. The van der Waals surface area contributed by atoms with Crippen LogP contribution >= 0.6 is 27.5 Å². The summed E-state index contributed by atoms with van der Waals surface area (Å²) < 4.78 is 32.6. The van der Waals surface area contributed by atoms with Crippen molar-refractivity contribution in [1.29, 1.82) is 0 Å². The van der Waals surface area contributed by atoms with Crippen LogP contribution in [0.4, 0.5) is 14.5 Å². The third kappa shape index (κ3) is 2.98. The maximum absolute atomic E-state index is 13.6. The molecular weight excluding hydrogens is 340 g/mol. The fourth-order valence-corrected chi connectivity index (χ4v) is 2.08. The second-order valence-electron chi connectivity index (χ2n) is 3.94. The van der Waals surface area contributed by atoms with Gasteiger partial charge >= 0.3 is 0 Å². The number of benzene rings is 2. The van der Waals surface area contributed by atoms with Gasteiger partial charge in [0.05, 0.1) is 10.7 Å². The molecule has 2 aromatic carbocycles. The van der Waals surface area contributed by atoms with E-state index in [2.05, 4.69) is 15.9 Å². The molecule has 0 bridgehead atoms. The quantitative estimate of drug-likeness (QED) is 0.608. The predicted octanol–water partition coefficient (Wildman–Crippen LogP) is 5.06. The molecule has 100 valence electrons. The van der Waals surface area contributed by atoms with Gasteiger partial charge in [0.2, 0.25) is 5.82 Å². The van der Waals surface area contributed by atoms with Crippen LogP contribution in [0.1, 0.15) is 5.56 Å². The number of aryl methyl sites for hydroxylation is 1. The molecule has 0 fully saturated rings. The molecule has 0 atom stereocenters. The second-order valence-corrected chi connectivity index (χ2v) is 5.26. The van der Waals surface area contributed by atoms with Gasteiger partial charge < -0.3 is 10.5 Å². The van der Waals surface area contributed by atoms with Gasteiger partial charge in [0, 0.05) is 10.5 Å². The summed E-state index contributed by atoms with van der Waals surface area (Å²) in [6, 6.07) is 5.42. The molecule has 0 aliphatic rings. The Morgan fingerprint density at radius 3 is 2.53 bits per heavy atom. The van der Waals surface area contributed by atoms with E-state index in [0.29, 0.717) is 21.5 Å². The van der Waals surface area contributed by atoms with Gasteiger partial charge in [-0.2, -0.15) is 4.39 Å². The number of rotatable bonds is 2. The lowest BCUT2D eigenvalue weighted by atomic mass is 10.2. The third-order valence-electron chi connectivity index (χ3n) is 2.47. The zero-order chi connectivity index (χ0) is 14.2. The average molecular weight is 349 g/mol. The van der Waals surface area contributed by atoms with Gasteiger partial charge in [-0.15, -0.1) is 0 Å². The maximum Gasteiger partial charge on any atom is 0.201 e. The lowest BCUT2D eigenvalue weighted by Gasteiger charge is -2.11. The van der Waals surface area contributed by atoms with Gasteiger partial charge in [0.15, 0.2) is 11.6 Å². The molecule has 2 aromatic rings. The molecule has 0 aromatic heterocycles. The average Bonchev–Trinajstić information content (AvgIpc) is 2.32. The third-order valence-corrected chi connectivity index (χ3v) is 3.26. The van der Waals surface area contributed by atoms with E-state index in [1.165, 1.54) is 12.1 Å². The van der Waals surface area contributed by atoms with E-state index >= 15 is 0 Å². The smallest absolute Gasteiger partial charge is 0.201 e. The van der Waals surface area contributed by atoms with Gasteiger partial charge in [-0.1, -0.05) is 27.5 Å². The molecule has 0 amide bonds. The monoisotopic (exact) mass is 347 g/mol. The van der Waals surface area contributed by atoms with Gasteiger partial charge in [0.1, 0.15) is 5.75 Å². The summed E-state index contributed by atoms with van der Waals surface area (Å²) >= 11 is 8.94. The molecule has 2 N–H and O–H groups in total. The van der Waals surface area contributed by atoms with E-state index in [4.69, 9.17) is 22.1 Å². The summed E-state index contributed by atoms with van der Waals surface area (Å²) in [6.07, 6.45) is 0. The van der Waals surface area contributed by atoms with E-state index in [-0.39, 0.29) is 10.8 Å². The zero-order valence-electron chi connectivity index (χ0n) is 9.81. The highest BCUT2D eigenvalue weighted by molar-refractivity contribution is 9.10. The first-order valence-electron chi connectivity index (χ1n) is 5.26. The van der Waals surface area contributed by atoms with Crippen molar-refractivity contribution in [2.24, 2.45) is 0 Å². The molecule has 0 aliphatic carbocycles. The molecule has 2 rings (SSSR count). The van der Waals surface area contributed by atoms with Crippen molar-refractivity contribution in [1.82, 2.24) is 0 Å².